The topological polar surface area (TPSA) is 70.2 Å². The molecule has 3 N–H and O–H groups in total. The third-order valence-electron chi connectivity index (χ3n) is 2.99. The second-order valence-electron chi connectivity index (χ2n) is 5.24. The SMILES string of the molecule is CC(C)CNC(=O)CCNC(=O)C1CCCCN1. The molecule has 5 heteroatoms. The molecule has 1 rings (SSSR count). The van der Waals surface area contributed by atoms with Crippen LogP contribution in [0, 0.1) is 5.92 Å². The molecule has 5 nitrogen and oxygen atoms in total. The van der Waals surface area contributed by atoms with Gasteiger partial charge in [-0.2, -0.15) is 0 Å². The summed E-state index contributed by atoms with van der Waals surface area (Å²) in [7, 11) is 0. The summed E-state index contributed by atoms with van der Waals surface area (Å²) >= 11 is 0. The summed E-state index contributed by atoms with van der Waals surface area (Å²) in [6.07, 6.45) is 3.48. The van der Waals surface area contributed by atoms with Gasteiger partial charge in [0.15, 0.2) is 0 Å². The second-order valence-corrected chi connectivity index (χ2v) is 5.24. The average Bonchev–Trinajstić information content (AvgIpc) is 2.37. The first kappa shape index (κ1) is 15.0. The average molecular weight is 255 g/mol. The summed E-state index contributed by atoms with van der Waals surface area (Å²) in [4.78, 5) is 23.2. The Kier molecular flexibility index (Phi) is 6.72. The minimum atomic E-state index is -0.0718. The van der Waals surface area contributed by atoms with Gasteiger partial charge in [0.25, 0.3) is 0 Å². The fraction of sp³-hybridized carbons (Fsp3) is 0.846. The van der Waals surface area contributed by atoms with E-state index in [1.165, 1.54) is 0 Å². The molecule has 0 radical (unpaired) electrons. The highest BCUT2D eigenvalue weighted by molar-refractivity contribution is 5.82. The van der Waals surface area contributed by atoms with Crippen LogP contribution < -0.4 is 16.0 Å². The van der Waals surface area contributed by atoms with E-state index in [2.05, 4.69) is 29.8 Å². The molecule has 0 aliphatic carbocycles. The zero-order chi connectivity index (χ0) is 13.4. The van der Waals surface area contributed by atoms with Gasteiger partial charge in [0, 0.05) is 19.5 Å². The van der Waals surface area contributed by atoms with Crippen molar-refractivity contribution in [1.82, 2.24) is 16.0 Å². The number of amides is 2. The van der Waals surface area contributed by atoms with E-state index in [0.717, 1.165) is 25.8 Å². The van der Waals surface area contributed by atoms with Crippen LogP contribution in [0.4, 0.5) is 0 Å². The van der Waals surface area contributed by atoms with Crippen molar-refractivity contribution in [1.29, 1.82) is 0 Å². The van der Waals surface area contributed by atoms with E-state index in [1.54, 1.807) is 0 Å². The van der Waals surface area contributed by atoms with E-state index in [9.17, 15) is 9.59 Å². The Morgan fingerprint density at radius 2 is 2.06 bits per heavy atom. The van der Waals surface area contributed by atoms with Crippen molar-refractivity contribution in [3.63, 3.8) is 0 Å². The maximum absolute atomic E-state index is 11.7. The molecule has 1 aliphatic heterocycles. The van der Waals surface area contributed by atoms with E-state index in [4.69, 9.17) is 0 Å². The number of hydrogen-bond donors (Lipinski definition) is 3. The summed E-state index contributed by atoms with van der Waals surface area (Å²) in [5.74, 6) is 0.474. The van der Waals surface area contributed by atoms with Crippen LogP contribution >= 0.6 is 0 Å². The highest BCUT2D eigenvalue weighted by Crippen LogP contribution is 2.06. The molecule has 1 atom stereocenters. The predicted molar refractivity (Wildman–Crippen MR) is 71.1 cm³/mol. The fourth-order valence-electron chi connectivity index (χ4n) is 1.90. The standard InChI is InChI=1S/C13H25N3O2/c1-10(2)9-16-12(17)6-8-15-13(18)11-5-3-4-7-14-11/h10-11,14H,3-9H2,1-2H3,(H,15,18)(H,16,17). The largest absolute Gasteiger partial charge is 0.356 e. The van der Waals surface area contributed by atoms with Gasteiger partial charge in [0.2, 0.25) is 11.8 Å². The first-order valence-electron chi connectivity index (χ1n) is 6.87. The van der Waals surface area contributed by atoms with E-state index < -0.39 is 0 Å². The van der Waals surface area contributed by atoms with Crippen molar-refractivity contribution in [2.45, 2.75) is 45.6 Å². The van der Waals surface area contributed by atoms with Gasteiger partial charge in [0.05, 0.1) is 6.04 Å². The Morgan fingerprint density at radius 1 is 1.28 bits per heavy atom. The molecule has 0 aromatic rings. The highest BCUT2D eigenvalue weighted by Gasteiger charge is 2.19. The molecule has 104 valence electrons. The van der Waals surface area contributed by atoms with Crippen LogP contribution in [-0.4, -0.2) is 37.5 Å². The Hall–Kier alpha value is -1.10. The molecule has 0 aromatic carbocycles. The smallest absolute Gasteiger partial charge is 0.237 e. The fourth-order valence-corrected chi connectivity index (χ4v) is 1.90. The lowest BCUT2D eigenvalue weighted by Crippen LogP contribution is -2.47. The molecule has 1 aliphatic rings. The van der Waals surface area contributed by atoms with Gasteiger partial charge in [-0.15, -0.1) is 0 Å². The number of rotatable bonds is 6. The lowest BCUT2D eigenvalue weighted by atomic mass is 10.0. The first-order chi connectivity index (χ1) is 8.59. The molecular formula is C13H25N3O2. The lowest BCUT2D eigenvalue weighted by molar-refractivity contribution is -0.124. The zero-order valence-electron chi connectivity index (χ0n) is 11.4. The number of hydrogen-bond acceptors (Lipinski definition) is 3. The lowest BCUT2D eigenvalue weighted by Gasteiger charge is -2.22. The monoisotopic (exact) mass is 255 g/mol. The first-order valence-corrected chi connectivity index (χ1v) is 6.87. The minimum absolute atomic E-state index is 0.000559. The highest BCUT2D eigenvalue weighted by atomic mass is 16.2. The second kappa shape index (κ2) is 8.08. The van der Waals surface area contributed by atoms with Gasteiger partial charge in [0.1, 0.15) is 0 Å². The van der Waals surface area contributed by atoms with Gasteiger partial charge < -0.3 is 16.0 Å². The summed E-state index contributed by atoms with van der Waals surface area (Å²) in [6, 6.07) is -0.0718. The summed E-state index contributed by atoms with van der Waals surface area (Å²) in [5.41, 5.74) is 0. The van der Waals surface area contributed by atoms with Gasteiger partial charge in [-0.3, -0.25) is 9.59 Å². The maximum Gasteiger partial charge on any atom is 0.237 e. The van der Waals surface area contributed by atoms with Crippen molar-refractivity contribution in [3.8, 4) is 0 Å². The molecule has 1 saturated heterocycles. The Bertz CT molecular complexity index is 273. The van der Waals surface area contributed by atoms with Crippen molar-refractivity contribution >= 4 is 11.8 Å². The maximum atomic E-state index is 11.7. The Labute approximate surface area is 109 Å². The van der Waals surface area contributed by atoms with E-state index >= 15 is 0 Å². The normalized spacial score (nSPS) is 19.6. The molecule has 0 aromatic heterocycles. The molecule has 2 amide bonds. The minimum Gasteiger partial charge on any atom is -0.356 e. The van der Waals surface area contributed by atoms with Crippen LogP contribution in [0.3, 0.4) is 0 Å². The molecular weight excluding hydrogens is 230 g/mol. The molecule has 0 saturated carbocycles. The third kappa shape index (κ3) is 6.00. The van der Waals surface area contributed by atoms with E-state index in [1.807, 2.05) is 0 Å². The van der Waals surface area contributed by atoms with Gasteiger partial charge in [-0.05, 0) is 25.3 Å². The number of carbonyl (C=O) groups is 2. The molecule has 0 spiro atoms. The summed E-state index contributed by atoms with van der Waals surface area (Å²) in [6.45, 7) is 6.12. The molecule has 1 heterocycles. The summed E-state index contributed by atoms with van der Waals surface area (Å²) in [5, 5.41) is 8.82. The predicted octanol–water partition coefficient (Wildman–Crippen LogP) is 0.407. The quantitative estimate of drug-likeness (QED) is 0.644. The Balaban J connectivity index is 2.09. The van der Waals surface area contributed by atoms with Crippen LogP contribution in [-0.2, 0) is 9.59 Å². The van der Waals surface area contributed by atoms with Crippen LogP contribution in [0.25, 0.3) is 0 Å². The van der Waals surface area contributed by atoms with Crippen molar-refractivity contribution in [3.05, 3.63) is 0 Å². The van der Waals surface area contributed by atoms with Crippen molar-refractivity contribution in [2.24, 2.45) is 5.92 Å². The number of piperidine rings is 1. The number of nitrogens with one attached hydrogen (secondary N) is 3. The van der Waals surface area contributed by atoms with Gasteiger partial charge >= 0.3 is 0 Å². The summed E-state index contributed by atoms with van der Waals surface area (Å²) < 4.78 is 0. The van der Waals surface area contributed by atoms with Crippen molar-refractivity contribution in [2.75, 3.05) is 19.6 Å². The molecule has 0 bridgehead atoms. The van der Waals surface area contributed by atoms with Gasteiger partial charge in [-0.25, -0.2) is 0 Å². The molecule has 1 unspecified atom stereocenters. The van der Waals surface area contributed by atoms with Crippen LogP contribution in [0.2, 0.25) is 0 Å². The Morgan fingerprint density at radius 3 is 2.67 bits per heavy atom. The molecule has 18 heavy (non-hydrogen) atoms. The van der Waals surface area contributed by atoms with Crippen LogP contribution in [0.5, 0.6) is 0 Å². The van der Waals surface area contributed by atoms with Crippen LogP contribution in [0.1, 0.15) is 39.5 Å². The third-order valence-corrected chi connectivity index (χ3v) is 2.99. The molecule has 1 fully saturated rings. The van der Waals surface area contributed by atoms with Crippen molar-refractivity contribution < 1.29 is 9.59 Å². The van der Waals surface area contributed by atoms with Gasteiger partial charge in [-0.1, -0.05) is 20.3 Å². The zero-order valence-corrected chi connectivity index (χ0v) is 11.4. The number of carbonyl (C=O) groups excluding carboxylic acids is 2. The van der Waals surface area contributed by atoms with E-state index in [-0.39, 0.29) is 17.9 Å². The van der Waals surface area contributed by atoms with E-state index in [0.29, 0.717) is 25.4 Å². The van der Waals surface area contributed by atoms with Crippen LogP contribution in [0.15, 0.2) is 0 Å².